The zero-order chi connectivity index (χ0) is 15.3. The Kier molecular flexibility index (Phi) is 4.53. The number of aromatic nitrogens is 1. The molecule has 21 heavy (non-hydrogen) atoms. The maximum absolute atomic E-state index is 11.8. The first-order valence-corrected chi connectivity index (χ1v) is 6.95. The lowest BCUT2D eigenvalue weighted by Crippen LogP contribution is -2.10. The van der Waals surface area contributed by atoms with Crippen LogP contribution in [0.2, 0.25) is 0 Å². The maximum atomic E-state index is 11.8. The molecule has 0 atom stereocenters. The van der Waals surface area contributed by atoms with E-state index in [4.69, 9.17) is 0 Å². The van der Waals surface area contributed by atoms with Crippen LogP contribution in [-0.2, 0) is 10.2 Å². The summed E-state index contributed by atoms with van der Waals surface area (Å²) in [7, 11) is 0. The molecule has 0 aliphatic heterocycles. The third-order valence-corrected chi connectivity index (χ3v) is 3.15. The topological polar surface area (TPSA) is 42.0 Å². The van der Waals surface area contributed by atoms with Crippen molar-refractivity contribution in [3.8, 4) is 0 Å². The molecule has 0 saturated carbocycles. The summed E-state index contributed by atoms with van der Waals surface area (Å²) in [6.45, 7) is 6.54. The first kappa shape index (κ1) is 15.0. The van der Waals surface area contributed by atoms with E-state index in [0.29, 0.717) is 0 Å². The normalized spacial score (nSPS) is 11.6. The van der Waals surface area contributed by atoms with Crippen molar-refractivity contribution < 1.29 is 4.79 Å². The lowest BCUT2D eigenvalue weighted by Gasteiger charge is -2.18. The Morgan fingerprint density at radius 3 is 2.24 bits per heavy atom. The van der Waals surface area contributed by atoms with Gasteiger partial charge in [-0.05, 0) is 34.8 Å². The molecular formula is C18H20N2O. The van der Waals surface area contributed by atoms with Gasteiger partial charge >= 0.3 is 0 Å². The van der Waals surface area contributed by atoms with E-state index >= 15 is 0 Å². The van der Waals surface area contributed by atoms with E-state index in [0.717, 1.165) is 11.3 Å². The van der Waals surface area contributed by atoms with Crippen LogP contribution in [0.4, 0.5) is 5.69 Å². The van der Waals surface area contributed by atoms with Gasteiger partial charge < -0.3 is 5.32 Å². The number of anilines is 1. The number of amides is 1. The molecule has 2 aromatic rings. The van der Waals surface area contributed by atoms with Crippen molar-refractivity contribution in [3.05, 3.63) is 66.0 Å². The van der Waals surface area contributed by atoms with Gasteiger partial charge in [0.2, 0.25) is 5.91 Å². The van der Waals surface area contributed by atoms with E-state index in [9.17, 15) is 4.79 Å². The van der Waals surface area contributed by atoms with Gasteiger partial charge in [-0.1, -0.05) is 45.0 Å². The summed E-state index contributed by atoms with van der Waals surface area (Å²) in [6, 6.07) is 11.8. The molecule has 0 aliphatic carbocycles. The summed E-state index contributed by atoms with van der Waals surface area (Å²) in [5, 5.41) is 2.78. The van der Waals surface area contributed by atoms with Crippen LogP contribution >= 0.6 is 0 Å². The molecule has 1 aromatic heterocycles. The van der Waals surface area contributed by atoms with Crippen molar-refractivity contribution in [1.29, 1.82) is 0 Å². The molecule has 1 aromatic carbocycles. The van der Waals surface area contributed by atoms with Gasteiger partial charge in [0.15, 0.2) is 0 Å². The Labute approximate surface area is 125 Å². The van der Waals surface area contributed by atoms with Crippen LogP contribution in [0.25, 0.3) is 6.08 Å². The van der Waals surface area contributed by atoms with Crippen LogP contribution in [0.3, 0.4) is 0 Å². The minimum Gasteiger partial charge on any atom is -0.322 e. The predicted octanol–water partition coefficient (Wildman–Crippen LogP) is 4.03. The molecule has 0 bridgehead atoms. The Morgan fingerprint density at radius 1 is 1.05 bits per heavy atom. The average Bonchev–Trinajstić information content (AvgIpc) is 2.46. The van der Waals surface area contributed by atoms with Crippen LogP contribution in [0.5, 0.6) is 0 Å². The molecule has 3 heteroatoms. The van der Waals surface area contributed by atoms with Gasteiger partial charge in [0.1, 0.15) is 0 Å². The molecule has 0 fully saturated rings. The van der Waals surface area contributed by atoms with Gasteiger partial charge in [-0.2, -0.15) is 0 Å². The predicted molar refractivity (Wildman–Crippen MR) is 87.0 cm³/mol. The van der Waals surface area contributed by atoms with E-state index in [-0.39, 0.29) is 11.3 Å². The van der Waals surface area contributed by atoms with Crippen LogP contribution in [-0.4, -0.2) is 10.9 Å². The second kappa shape index (κ2) is 6.35. The van der Waals surface area contributed by atoms with E-state index in [1.807, 2.05) is 18.2 Å². The van der Waals surface area contributed by atoms with Crippen LogP contribution in [0, 0.1) is 0 Å². The Hall–Kier alpha value is -2.42. The van der Waals surface area contributed by atoms with Crippen molar-refractivity contribution >= 4 is 17.7 Å². The quantitative estimate of drug-likeness (QED) is 0.862. The Bertz CT molecular complexity index is 623. The molecule has 0 aliphatic rings. The smallest absolute Gasteiger partial charge is 0.248 e. The van der Waals surface area contributed by atoms with Crippen LogP contribution in [0.15, 0.2) is 54.9 Å². The minimum atomic E-state index is -0.152. The second-order valence-electron chi connectivity index (χ2n) is 5.93. The number of pyridine rings is 1. The number of rotatable bonds is 3. The summed E-state index contributed by atoms with van der Waals surface area (Å²) in [5.41, 5.74) is 3.16. The first-order chi connectivity index (χ1) is 9.95. The molecule has 0 radical (unpaired) electrons. The summed E-state index contributed by atoms with van der Waals surface area (Å²) >= 11 is 0. The average molecular weight is 280 g/mol. The third-order valence-electron chi connectivity index (χ3n) is 3.15. The fourth-order valence-electron chi connectivity index (χ4n) is 1.89. The molecular weight excluding hydrogens is 260 g/mol. The van der Waals surface area contributed by atoms with Gasteiger partial charge in [-0.3, -0.25) is 9.78 Å². The van der Waals surface area contributed by atoms with E-state index < -0.39 is 0 Å². The zero-order valence-corrected chi connectivity index (χ0v) is 12.6. The number of benzene rings is 1. The van der Waals surface area contributed by atoms with Crippen molar-refractivity contribution in [2.45, 2.75) is 26.2 Å². The fourth-order valence-corrected chi connectivity index (χ4v) is 1.89. The zero-order valence-electron chi connectivity index (χ0n) is 12.6. The third kappa shape index (κ3) is 4.56. The first-order valence-electron chi connectivity index (χ1n) is 6.95. The van der Waals surface area contributed by atoms with Crippen molar-refractivity contribution in [2.75, 3.05) is 5.32 Å². The Morgan fingerprint density at radius 2 is 1.67 bits per heavy atom. The Balaban J connectivity index is 1.99. The summed E-state index contributed by atoms with van der Waals surface area (Å²) in [6.07, 6.45) is 6.63. The molecule has 108 valence electrons. The van der Waals surface area contributed by atoms with Crippen molar-refractivity contribution in [2.24, 2.45) is 0 Å². The highest BCUT2D eigenvalue weighted by molar-refractivity contribution is 6.01. The molecule has 2 rings (SSSR count). The van der Waals surface area contributed by atoms with Crippen LogP contribution in [0.1, 0.15) is 31.9 Å². The van der Waals surface area contributed by atoms with Gasteiger partial charge in [-0.25, -0.2) is 0 Å². The van der Waals surface area contributed by atoms with Gasteiger partial charge in [0.05, 0.1) is 0 Å². The lowest BCUT2D eigenvalue weighted by molar-refractivity contribution is -0.111. The highest BCUT2D eigenvalue weighted by Gasteiger charge is 2.12. The summed E-state index contributed by atoms with van der Waals surface area (Å²) < 4.78 is 0. The monoisotopic (exact) mass is 280 g/mol. The number of hydrogen-bond donors (Lipinski definition) is 1. The van der Waals surface area contributed by atoms with Crippen molar-refractivity contribution in [1.82, 2.24) is 4.98 Å². The number of carbonyl (C=O) groups is 1. The molecule has 0 saturated heterocycles. The maximum Gasteiger partial charge on any atom is 0.248 e. The summed E-state index contributed by atoms with van der Waals surface area (Å²) in [4.78, 5) is 15.7. The number of hydrogen-bond acceptors (Lipinski definition) is 2. The van der Waals surface area contributed by atoms with E-state index in [1.54, 1.807) is 24.5 Å². The molecule has 1 N–H and O–H groups in total. The second-order valence-corrected chi connectivity index (χ2v) is 5.93. The van der Waals surface area contributed by atoms with Gasteiger partial charge in [0.25, 0.3) is 0 Å². The molecule has 1 amide bonds. The van der Waals surface area contributed by atoms with E-state index in [2.05, 4.69) is 43.2 Å². The van der Waals surface area contributed by atoms with Crippen molar-refractivity contribution in [3.63, 3.8) is 0 Å². The van der Waals surface area contributed by atoms with Gasteiger partial charge in [0, 0.05) is 24.2 Å². The lowest BCUT2D eigenvalue weighted by atomic mass is 9.87. The summed E-state index contributed by atoms with van der Waals surface area (Å²) in [5.74, 6) is -0.152. The van der Waals surface area contributed by atoms with E-state index in [1.165, 1.54) is 11.6 Å². The molecule has 0 spiro atoms. The number of nitrogens with zero attached hydrogens (tertiary/aromatic N) is 1. The molecule has 0 unspecified atom stereocenters. The number of nitrogens with one attached hydrogen (secondary N) is 1. The highest BCUT2D eigenvalue weighted by atomic mass is 16.1. The minimum absolute atomic E-state index is 0.140. The van der Waals surface area contributed by atoms with Gasteiger partial charge in [-0.15, -0.1) is 0 Å². The SMILES string of the molecule is CC(C)(C)c1ccc(/C=C/C(=O)Nc2ccncc2)cc1. The number of carbonyl (C=O) groups excluding carboxylic acids is 1. The highest BCUT2D eigenvalue weighted by Crippen LogP contribution is 2.22. The van der Waals surface area contributed by atoms with Crippen LogP contribution < -0.4 is 5.32 Å². The fraction of sp³-hybridized carbons (Fsp3) is 0.222. The molecule has 1 heterocycles. The largest absolute Gasteiger partial charge is 0.322 e. The molecule has 3 nitrogen and oxygen atoms in total. The standard InChI is InChI=1S/C18H20N2O/c1-18(2,3)15-7-4-14(5-8-15)6-9-17(21)20-16-10-12-19-13-11-16/h4-13H,1-3H3,(H,19,20,21)/b9-6+.